The predicted octanol–water partition coefficient (Wildman–Crippen LogP) is 1.20. The Labute approximate surface area is 104 Å². The van der Waals surface area contributed by atoms with Crippen molar-refractivity contribution in [1.82, 2.24) is 10.2 Å². The average Bonchev–Trinajstić information content (AvgIpc) is 2.71. The number of nitrogens with zero attached hydrogens (tertiary/aromatic N) is 1. The number of likely N-dealkylation sites (tertiary alicyclic amines) is 1. The summed E-state index contributed by atoms with van der Waals surface area (Å²) in [5.74, 6) is 0.461. The van der Waals surface area contributed by atoms with Gasteiger partial charge in [0.2, 0.25) is 5.91 Å². The lowest BCUT2D eigenvalue weighted by molar-refractivity contribution is -0.129. The maximum Gasteiger partial charge on any atom is 0.227 e. The van der Waals surface area contributed by atoms with E-state index >= 15 is 0 Å². The summed E-state index contributed by atoms with van der Waals surface area (Å²) in [4.78, 5) is 25.2. The molecule has 1 aliphatic heterocycles. The standard InChI is InChI=1S/C13H24N2O2/c1-4-11(16)6-5-8-15-9-7-13(2,10-15)12(17)14-3/h4-10H2,1-3H3,(H,14,17). The van der Waals surface area contributed by atoms with Crippen LogP contribution in [0.3, 0.4) is 0 Å². The highest BCUT2D eigenvalue weighted by molar-refractivity contribution is 5.82. The molecule has 1 rings (SSSR count). The molecule has 4 nitrogen and oxygen atoms in total. The Morgan fingerprint density at radius 3 is 2.71 bits per heavy atom. The first-order chi connectivity index (χ1) is 8.01. The van der Waals surface area contributed by atoms with Crippen LogP contribution in [0.1, 0.15) is 39.5 Å². The van der Waals surface area contributed by atoms with E-state index in [0.717, 1.165) is 32.5 Å². The zero-order chi connectivity index (χ0) is 12.9. The third kappa shape index (κ3) is 3.80. The van der Waals surface area contributed by atoms with Crippen LogP contribution in [0.5, 0.6) is 0 Å². The van der Waals surface area contributed by atoms with Gasteiger partial charge in [-0.2, -0.15) is 0 Å². The molecule has 4 heteroatoms. The Kier molecular flexibility index (Phi) is 5.12. The Hall–Kier alpha value is -0.900. The summed E-state index contributed by atoms with van der Waals surface area (Å²) in [6.45, 7) is 6.62. The van der Waals surface area contributed by atoms with Gasteiger partial charge in [0.1, 0.15) is 5.78 Å². The van der Waals surface area contributed by atoms with Gasteiger partial charge in [0, 0.05) is 26.4 Å². The predicted molar refractivity (Wildman–Crippen MR) is 67.8 cm³/mol. The lowest BCUT2D eigenvalue weighted by Crippen LogP contribution is -2.39. The molecule has 1 fully saturated rings. The fourth-order valence-corrected chi connectivity index (χ4v) is 2.41. The van der Waals surface area contributed by atoms with E-state index in [0.29, 0.717) is 18.6 Å². The molecule has 1 aliphatic rings. The van der Waals surface area contributed by atoms with Crippen LogP contribution < -0.4 is 5.32 Å². The third-order valence-electron chi connectivity index (χ3n) is 3.65. The molecule has 0 aromatic carbocycles. The molecule has 17 heavy (non-hydrogen) atoms. The molecule has 0 aliphatic carbocycles. The van der Waals surface area contributed by atoms with Crippen molar-refractivity contribution in [3.05, 3.63) is 0 Å². The lowest BCUT2D eigenvalue weighted by Gasteiger charge is -2.22. The van der Waals surface area contributed by atoms with Gasteiger partial charge in [0.15, 0.2) is 0 Å². The van der Waals surface area contributed by atoms with Gasteiger partial charge in [0.25, 0.3) is 0 Å². The molecule has 0 aromatic rings. The molecule has 1 N–H and O–H groups in total. The molecule has 0 bridgehead atoms. The first-order valence-corrected chi connectivity index (χ1v) is 6.48. The van der Waals surface area contributed by atoms with Crippen molar-refractivity contribution >= 4 is 11.7 Å². The summed E-state index contributed by atoms with van der Waals surface area (Å²) in [5.41, 5.74) is -0.247. The summed E-state index contributed by atoms with van der Waals surface area (Å²) in [6, 6.07) is 0. The van der Waals surface area contributed by atoms with Crippen molar-refractivity contribution in [2.45, 2.75) is 39.5 Å². The van der Waals surface area contributed by atoms with E-state index in [9.17, 15) is 9.59 Å². The Balaban J connectivity index is 2.31. The summed E-state index contributed by atoms with van der Waals surface area (Å²) in [6.07, 6.45) is 3.13. The van der Waals surface area contributed by atoms with E-state index < -0.39 is 0 Å². The minimum absolute atomic E-state index is 0.129. The van der Waals surface area contributed by atoms with Gasteiger partial charge in [0.05, 0.1) is 5.41 Å². The molecule has 1 amide bonds. The van der Waals surface area contributed by atoms with Crippen LogP contribution in [0.4, 0.5) is 0 Å². The number of hydrogen-bond donors (Lipinski definition) is 1. The van der Waals surface area contributed by atoms with Crippen LogP contribution >= 0.6 is 0 Å². The van der Waals surface area contributed by atoms with Crippen molar-refractivity contribution in [1.29, 1.82) is 0 Å². The maximum absolute atomic E-state index is 11.7. The number of amides is 1. The largest absolute Gasteiger partial charge is 0.359 e. The monoisotopic (exact) mass is 240 g/mol. The number of carbonyl (C=O) groups excluding carboxylic acids is 2. The molecule has 1 heterocycles. The normalized spacial score (nSPS) is 24.9. The lowest BCUT2D eigenvalue weighted by atomic mass is 9.89. The van der Waals surface area contributed by atoms with Crippen molar-refractivity contribution in [2.75, 3.05) is 26.7 Å². The van der Waals surface area contributed by atoms with Gasteiger partial charge in [-0.05, 0) is 32.9 Å². The van der Waals surface area contributed by atoms with Gasteiger partial charge < -0.3 is 10.2 Å². The molecular formula is C13H24N2O2. The van der Waals surface area contributed by atoms with E-state index in [1.807, 2.05) is 13.8 Å². The molecule has 1 unspecified atom stereocenters. The topological polar surface area (TPSA) is 49.4 Å². The summed E-state index contributed by atoms with van der Waals surface area (Å²) in [7, 11) is 1.69. The van der Waals surface area contributed by atoms with E-state index in [2.05, 4.69) is 10.2 Å². The molecule has 1 atom stereocenters. The summed E-state index contributed by atoms with van der Waals surface area (Å²) in [5, 5.41) is 2.73. The fourth-order valence-electron chi connectivity index (χ4n) is 2.41. The Morgan fingerprint density at radius 2 is 2.12 bits per heavy atom. The molecule has 0 spiro atoms. The van der Waals surface area contributed by atoms with Crippen LogP contribution in [-0.2, 0) is 9.59 Å². The highest BCUT2D eigenvalue weighted by atomic mass is 16.2. The number of ketones is 1. The van der Waals surface area contributed by atoms with Crippen LogP contribution in [0.2, 0.25) is 0 Å². The minimum Gasteiger partial charge on any atom is -0.359 e. The summed E-state index contributed by atoms with van der Waals surface area (Å²) < 4.78 is 0. The Bertz CT molecular complexity index is 291. The van der Waals surface area contributed by atoms with Crippen LogP contribution in [0, 0.1) is 5.41 Å². The fraction of sp³-hybridized carbons (Fsp3) is 0.846. The van der Waals surface area contributed by atoms with Gasteiger partial charge in [-0.3, -0.25) is 9.59 Å². The van der Waals surface area contributed by atoms with E-state index in [-0.39, 0.29) is 11.3 Å². The van der Waals surface area contributed by atoms with Crippen molar-refractivity contribution in [3.63, 3.8) is 0 Å². The van der Waals surface area contributed by atoms with Crippen molar-refractivity contribution < 1.29 is 9.59 Å². The highest BCUT2D eigenvalue weighted by Gasteiger charge is 2.39. The van der Waals surface area contributed by atoms with Crippen LogP contribution in [-0.4, -0.2) is 43.3 Å². The van der Waals surface area contributed by atoms with Gasteiger partial charge in [-0.15, -0.1) is 0 Å². The number of carbonyl (C=O) groups is 2. The molecule has 98 valence electrons. The molecule has 0 aromatic heterocycles. The molecular weight excluding hydrogens is 216 g/mol. The quantitative estimate of drug-likeness (QED) is 0.759. The third-order valence-corrected chi connectivity index (χ3v) is 3.65. The molecule has 0 radical (unpaired) electrons. The number of rotatable bonds is 6. The van der Waals surface area contributed by atoms with Crippen molar-refractivity contribution in [3.8, 4) is 0 Å². The first kappa shape index (κ1) is 14.2. The average molecular weight is 240 g/mol. The Morgan fingerprint density at radius 1 is 1.41 bits per heavy atom. The first-order valence-electron chi connectivity index (χ1n) is 6.48. The zero-order valence-corrected chi connectivity index (χ0v) is 11.2. The highest BCUT2D eigenvalue weighted by Crippen LogP contribution is 2.30. The molecule has 0 saturated carbocycles. The van der Waals surface area contributed by atoms with Gasteiger partial charge >= 0.3 is 0 Å². The van der Waals surface area contributed by atoms with Gasteiger partial charge in [-0.25, -0.2) is 0 Å². The van der Waals surface area contributed by atoms with Gasteiger partial charge in [-0.1, -0.05) is 6.92 Å². The summed E-state index contributed by atoms with van der Waals surface area (Å²) >= 11 is 0. The maximum atomic E-state index is 11.7. The number of Topliss-reactive ketones (excluding diaryl/α,β-unsaturated/α-hetero) is 1. The number of hydrogen-bond acceptors (Lipinski definition) is 3. The zero-order valence-electron chi connectivity index (χ0n) is 11.2. The number of nitrogens with one attached hydrogen (secondary N) is 1. The molecule has 1 saturated heterocycles. The minimum atomic E-state index is -0.247. The SMILES string of the molecule is CCC(=O)CCCN1CCC(C)(C(=O)NC)C1. The van der Waals surface area contributed by atoms with E-state index in [4.69, 9.17) is 0 Å². The second-order valence-corrected chi connectivity index (χ2v) is 5.16. The van der Waals surface area contributed by atoms with E-state index in [1.165, 1.54) is 0 Å². The van der Waals surface area contributed by atoms with Crippen LogP contribution in [0.25, 0.3) is 0 Å². The second-order valence-electron chi connectivity index (χ2n) is 5.16. The van der Waals surface area contributed by atoms with Crippen molar-refractivity contribution in [2.24, 2.45) is 5.41 Å². The second kappa shape index (κ2) is 6.15. The van der Waals surface area contributed by atoms with E-state index in [1.54, 1.807) is 7.05 Å². The van der Waals surface area contributed by atoms with Crippen LogP contribution in [0.15, 0.2) is 0 Å². The smallest absolute Gasteiger partial charge is 0.227 e.